The van der Waals surface area contributed by atoms with E-state index in [9.17, 15) is 23.7 Å². The summed E-state index contributed by atoms with van der Waals surface area (Å²) < 4.78 is 45.5. The molecule has 126 valence electrons. The molecule has 1 aliphatic rings. The number of rotatable bonds is 1. The van der Waals surface area contributed by atoms with E-state index in [1.54, 1.807) is 6.07 Å². The molecule has 0 saturated heterocycles. The molecule has 0 aliphatic carbocycles. The van der Waals surface area contributed by atoms with Crippen LogP contribution in [0.25, 0.3) is 11.0 Å². The first kappa shape index (κ1) is 16.4. The third-order valence-corrected chi connectivity index (χ3v) is 3.87. The maximum absolute atomic E-state index is 13.3. The summed E-state index contributed by atoms with van der Waals surface area (Å²) >= 11 is 0. The van der Waals surface area contributed by atoms with Gasteiger partial charge in [0, 0.05) is 11.9 Å². The summed E-state index contributed by atoms with van der Waals surface area (Å²) in [5.41, 5.74) is 4.18. The second kappa shape index (κ2) is 5.56. The van der Waals surface area contributed by atoms with E-state index >= 15 is 0 Å². The minimum absolute atomic E-state index is 0.00498. The van der Waals surface area contributed by atoms with Crippen molar-refractivity contribution in [2.75, 3.05) is 5.73 Å². The van der Waals surface area contributed by atoms with E-state index in [2.05, 4.69) is 10.3 Å². The fourth-order valence-electron chi connectivity index (χ4n) is 2.75. The number of nitrogen functional groups attached to an aromatic ring is 1. The summed E-state index contributed by atoms with van der Waals surface area (Å²) in [6.07, 6.45) is -3.39. The average Bonchev–Trinajstić information content (AvgIpc) is 2.98. The lowest BCUT2D eigenvalue weighted by molar-refractivity contribution is -0.0969. The highest BCUT2D eigenvalue weighted by Gasteiger charge is 2.44. The molecule has 1 aliphatic heterocycles. The molecule has 25 heavy (non-hydrogen) atoms. The number of furan rings is 1. The Kier molecular flexibility index (Phi) is 3.65. The Morgan fingerprint density at radius 1 is 1.28 bits per heavy atom. The van der Waals surface area contributed by atoms with Crippen molar-refractivity contribution in [3.8, 4) is 12.1 Å². The first-order valence-electron chi connectivity index (χ1n) is 7.01. The Hall–Kier alpha value is -3.46. The monoisotopic (exact) mass is 345 g/mol. The number of nitrogens with two attached hydrogens (primary N) is 1. The van der Waals surface area contributed by atoms with Crippen LogP contribution in [0.1, 0.15) is 18.6 Å². The van der Waals surface area contributed by atoms with Crippen molar-refractivity contribution in [2.45, 2.75) is 19.0 Å². The lowest BCUT2D eigenvalue weighted by Gasteiger charge is -2.27. The van der Waals surface area contributed by atoms with Crippen LogP contribution in [0.5, 0.6) is 0 Å². The highest BCUT2D eigenvalue weighted by molar-refractivity contribution is 5.87. The molecule has 0 amide bonds. The second-order valence-electron chi connectivity index (χ2n) is 5.36. The number of aromatic nitrogens is 1. The number of anilines is 1. The number of nitriles is 2. The zero-order valence-corrected chi connectivity index (χ0v) is 12.8. The van der Waals surface area contributed by atoms with Crippen LogP contribution < -0.4 is 11.1 Å². The van der Waals surface area contributed by atoms with E-state index in [-0.39, 0.29) is 22.8 Å². The predicted octanol–water partition coefficient (Wildman–Crippen LogP) is 3.23. The number of allylic oxidation sites excluding steroid dienone is 4. The van der Waals surface area contributed by atoms with Gasteiger partial charge in [-0.15, -0.1) is 0 Å². The van der Waals surface area contributed by atoms with E-state index < -0.39 is 23.4 Å². The molecule has 9 heteroatoms. The van der Waals surface area contributed by atoms with Gasteiger partial charge in [-0.05, 0) is 19.1 Å². The first-order valence-corrected chi connectivity index (χ1v) is 7.01. The quantitative estimate of drug-likeness (QED) is 0.821. The number of pyridine rings is 1. The molecule has 1 unspecified atom stereocenters. The van der Waals surface area contributed by atoms with Crippen LogP contribution in [-0.2, 0) is 0 Å². The molecule has 2 aromatic heterocycles. The molecule has 0 saturated carbocycles. The number of hydrogen-bond acceptors (Lipinski definition) is 6. The highest BCUT2D eigenvalue weighted by atomic mass is 19.4. The van der Waals surface area contributed by atoms with E-state index in [1.165, 1.54) is 25.3 Å². The number of fused-ring (bicyclic) bond motifs is 1. The van der Waals surface area contributed by atoms with Gasteiger partial charge in [0.15, 0.2) is 0 Å². The summed E-state index contributed by atoms with van der Waals surface area (Å²) in [6.45, 7) is 1.34. The van der Waals surface area contributed by atoms with Crippen molar-refractivity contribution in [1.82, 2.24) is 10.3 Å². The molecule has 3 heterocycles. The number of alkyl halides is 3. The van der Waals surface area contributed by atoms with Crippen LogP contribution >= 0.6 is 0 Å². The van der Waals surface area contributed by atoms with Gasteiger partial charge in [-0.2, -0.15) is 23.7 Å². The maximum Gasteiger partial charge on any atom is 0.432 e. The standard InChI is InChI=1S/C16H10F3N5O/c1-7-9(5-20)13(10(6-21)14(24-7)16(17,18)19)12-4-8-11(25-12)2-3-23-15(8)22/h2-4,13,24H,1H3,(H2,22,23). The molecule has 2 aromatic rings. The number of dihydropyridines is 1. The van der Waals surface area contributed by atoms with Crippen LogP contribution in [0.15, 0.2) is 45.3 Å². The van der Waals surface area contributed by atoms with E-state index in [1.807, 2.05) is 6.07 Å². The topological polar surface area (TPSA) is 112 Å². The van der Waals surface area contributed by atoms with Gasteiger partial charge in [0.2, 0.25) is 0 Å². The Bertz CT molecular complexity index is 1020. The van der Waals surface area contributed by atoms with Gasteiger partial charge in [-0.3, -0.25) is 0 Å². The lowest BCUT2D eigenvalue weighted by Crippen LogP contribution is -2.33. The second-order valence-corrected chi connectivity index (χ2v) is 5.36. The lowest BCUT2D eigenvalue weighted by atomic mass is 9.84. The van der Waals surface area contributed by atoms with Crippen molar-refractivity contribution < 1.29 is 17.6 Å². The highest BCUT2D eigenvalue weighted by Crippen LogP contribution is 2.43. The normalized spacial score (nSPS) is 18.1. The molecule has 6 nitrogen and oxygen atoms in total. The molecule has 0 radical (unpaired) electrons. The zero-order valence-electron chi connectivity index (χ0n) is 12.8. The van der Waals surface area contributed by atoms with Crippen molar-refractivity contribution in [3.05, 3.63) is 46.6 Å². The van der Waals surface area contributed by atoms with Gasteiger partial charge in [0.1, 0.15) is 22.9 Å². The third kappa shape index (κ3) is 2.56. The molecule has 0 aromatic carbocycles. The molecular formula is C16H10F3N5O. The predicted molar refractivity (Wildman–Crippen MR) is 81.3 cm³/mol. The largest absolute Gasteiger partial charge is 0.460 e. The first-order chi connectivity index (χ1) is 11.8. The number of hydrogen-bond donors (Lipinski definition) is 2. The molecular weight excluding hydrogens is 335 g/mol. The van der Waals surface area contributed by atoms with Crippen LogP contribution in [0, 0.1) is 22.7 Å². The van der Waals surface area contributed by atoms with Gasteiger partial charge in [0.25, 0.3) is 0 Å². The van der Waals surface area contributed by atoms with Crippen molar-refractivity contribution in [1.29, 1.82) is 10.5 Å². The van der Waals surface area contributed by atoms with Crippen molar-refractivity contribution >= 4 is 16.8 Å². The van der Waals surface area contributed by atoms with Crippen molar-refractivity contribution in [2.24, 2.45) is 0 Å². The average molecular weight is 345 g/mol. The molecule has 0 spiro atoms. The molecule has 0 bridgehead atoms. The van der Waals surface area contributed by atoms with Gasteiger partial charge >= 0.3 is 6.18 Å². The molecule has 3 N–H and O–H groups in total. The van der Waals surface area contributed by atoms with Crippen LogP contribution in [-0.4, -0.2) is 11.2 Å². The summed E-state index contributed by atoms with van der Waals surface area (Å²) in [5.74, 6) is -1.12. The number of nitrogens with zero attached hydrogens (tertiary/aromatic N) is 3. The van der Waals surface area contributed by atoms with Crippen LogP contribution in [0.3, 0.4) is 0 Å². The fraction of sp³-hybridized carbons (Fsp3) is 0.188. The summed E-state index contributed by atoms with van der Waals surface area (Å²) in [7, 11) is 0. The molecule has 0 fully saturated rings. The van der Waals surface area contributed by atoms with Gasteiger partial charge in [-0.25, -0.2) is 4.98 Å². The molecule has 1 atom stereocenters. The Balaban J connectivity index is 2.29. The van der Waals surface area contributed by atoms with E-state index in [0.29, 0.717) is 11.0 Å². The van der Waals surface area contributed by atoms with Crippen molar-refractivity contribution in [3.63, 3.8) is 0 Å². The van der Waals surface area contributed by atoms with E-state index in [0.717, 1.165) is 0 Å². The summed E-state index contributed by atoms with van der Waals surface area (Å²) in [4.78, 5) is 3.88. The van der Waals surface area contributed by atoms with Crippen LogP contribution in [0.4, 0.5) is 19.0 Å². The Morgan fingerprint density at radius 3 is 2.52 bits per heavy atom. The smallest absolute Gasteiger partial charge is 0.432 e. The molecule has 3 rings (SSSR count). The fourth-order valence-corrected chi connectivity index (χ4v) is 2.75. The minimum atomic E-state index is -4.78. The minimum Gasteiger partial charge on any atom is -0.460 e. The van der Waals surface area contributed by atoms with Gasteiger partial charge in [0.05, 0.1) is 34.6 Å². The Morgan fingerprint density at radius 2 is 1.96 bits per heavy atom. The summed E-state index contributed by atoms with van der Waals surface area (Å²) in [6, 6.07) is 6.32. The summed E-state index contributed by atoms with van der Waals surface area (Å²) in [5, 5.41) is 21.2. The number of nitrogens with one attached hydrogen (secondary N) is 1. The van der Waals surface area contributed by atoms with Gasteiger partial charge < -0.3 is 15.5 Å². The maximum atomic E-state index is 13.3. The van der Waals surface area contributed by atoms with Crippen LogP contribution in [0.2, 0.25) is 0 Å². The zero-order chi connectivity index (χ0) is 18.4. The number of halogens is 3. The van der Waals surface area contributed by atoms with E-state index in [4.69, 9.17) is 10.2 Å². The SMILES string of the molecule is CC1=C(C#N)C(c2cc3c(N)nccc3o2)C(C#N)=C(C(F)(F)F)N1. The Labute approximate surface area is 139 Å². The third-order valence-electron chi connectivity index (χ3n) is 3.87. The van der Waals surface area contributed by atoms with Gasteiger partial charge in [-0.1, -0.05) is 0 Å².